The van der Waals surface area contributed by atoms with Crippen LogP contribution in [0.15, 0.2) is 60.7 Å². The number of aliphatic hydroxyl groups is 1. The van der Waals surface area contributed by atoms with Gasteiger partial charge in [0.2, 0.25) is 5.82 Å². The molecule has 0 aliphatic heterocycles. The molecular weight excluding hydrogens is 304 g/mol. The van der Waals surface area contributed by atoms with Crippen molar-refractivity contribution < 1.29 is 9.90 Å². The summed E-state index contributed by atoms with van der Waals surface area (Å²) in [5, 5.41) is 16.1. The summed E-state index contributed by atoms with van der Waals surface area (Å²) in [4.78, 5) is 16.7. The molecule has 0 aliphatic rings. The zero-order chi connectivity index (χ0) is 16.9. The van der Waals surface area contributed by atoms with Gasteiger partial charge in [-0.25, -0.2) is 9.67 Å². The summed E-state index contributed by atoms with van der Waals surface area (Å²) in [5.41, 5.74) is 1.68. The van der Waals surface area contributed by atoms with Crippen LogP contribution in [0.5, 0.6) is 0 Å². The summed E-state index contributed by atoms with van der Waals surface area (Å²) in [5.74, 6) is 0.241. The number of amides is 1. The van der Waals surface area contributed by atoms with Crippen LogP contribution in [-0.2, 0) is 0 Å². The van der Waals surface area contributed by atoms with Gasteiger partial charge in [-0.3, -0.25) is 4.79 Å². The highest BCUT2D eigenvalue weighted by Gasteiger charge is 2.19. The van der Waals surface area contributed by atoms with E-state index in [2.05, 4.69) is 15.4 Å². The van der Waals surface area contributed by atoms with Crippen molar-refractivity contribution in [3.8, 4) is 17.1 Å². The molecule has 0 saturated carbocycles. The summed E-state index contributed by atoms with van der Waals surface area (Å²) in [6.07, 6.45) is 0. The van der Waals surface area contributed by atoms with Gasteiger partial charge in [-0.15, -0.1) is 5.10 Å². The molecule has 2 N–H and O–H groups in total. The van der Waals surface area contributed by atoms with Gasteiger partial charge < -0.3 is 10.4 Å². The van der Waals surface area contributed by atoms with Crippen molar-refractivity contribution in [1.82, 2.24) is 20.1 Å². The average Bonchev–Trinajstić information content (AvgIpc) is 3.08. The Labute approximate surface area is 139 Å². The summed E-state index contributed by atoms with van der Waals surface area (Å²) in [6, 6.07) is 18.7. The van der Waals surface area contributed by atoms with Gasteiger partial charge in [-0.2, -0.15) is 0 Å². The Morgan fingerprint density at radius 1 is 1.12 bits per heavy atom. The van der Waals surface area contributed by atoms with Crippen molar-refractivity contribution in [2.75, 3.05) is 6.61 Å². The number of nitrogens with zero attached hydrogens (tertiary/aromatic N) is 3. The average molecular weight is 322 g/mol. The Morgan fingerprint density at radius 3 is 2.38 bits per heavy atom. The number of aromatic nitrogens is 3. The number of carbonyl (C=O) groups is 1. The van der Waals surface area contributed by atoms with E-state index in [1.165, 1.54) is 0 Å². The summed E-state index contributed by atoms with van der Waals surface area (Å²) in [7, 11) is 0. The lowest BCUT2D eigenvalue weighted by atomic mass is 10.2. The molecule has 1 unspecified atom stereocenters. The minimum Gasteiger partial charge on any atom is -0.394 e. The van der Waals surface area contributed by atoms with Gasteiger partial charge in [0.05, 0.1) is 12.3 Å². The third-order valence-electron chi connectivity index (χ3n) is 3.49. The minimum atomic E-state index is -0.414. The number of hydrogen-bond donors (Lipinski definition) is 2. The van der Waals surface area contributed by atoms with Crippen molar-refractivity contribution in [3.63, 3.8) is 0 Å². The molecule has 24 heavy (non-hydrogen) atoms. The molecule has 6 nitrogen and oxygen atoms in total. The Balaban J connectivity index is 2.05. The maximum atomic E-state index is 12.3. The Morgan fingerprint density at radius 2 is 1.75 bits per heavy atom. The molecule has 1 heterocycles. The molecule has 3 rings (SSSR count). The highest BCUT2D eigenvalue weighted by molar-refractivity contribution is 5.91. The predicted octanol–water partition coefficient (Wildman–Crippen LogP) is 2.04. The number of nitrogens with one attached hydrogen (secondary N) is 1. The molecule has 0 fully saturated rings. The fraction of sp³-hybridized carbons (Fsp3) is 0.167. The first-order valence-corrected chi connectivity index (χ1v) is 7.68. The van der Waals surface area contributed by atoms with Gasteiger partial charge in [-0.1, -0.05) is 48.5 Å². The Bertz CT molecular complexity index is 759. The zero-order valence-corrected chi connectivity index (χ0v) is 13.3. The van der Waals surface area contributed by atoms with Crippen LogP contribution in [0.4, 0.5) is 0 Å². The molecule has 1 amide bonds. The fourth-order valence-electron chi connectivity index (χ4n) is 2.27. The van der Waals surface area contributed by atoms with E-state index in [1.807, 2.05) is 60.7 Å². The largest absolute Gasteiger partial charge is 0.394 e. The molecule has 0 radical (unpaired) electrons. The Kier molecular flexibility index (Phi) is 4.67. The quantitative estimate of drug-likeness (QED) is 0.753. The van der Waals surface area contributed by atoms with E-state index in [4.69, 9.17) is 5.11 Å². The van der Waals surface area contributed by atoms with Crippen LogP contribution in [0.1, 0.15) is 17.5 Å². The number of rotatable bonds is 5. The van der Waals surface area contributed by atoms with E-state index in [1.54, 1.807) is 11.6 Å². The predicted molar refractivity (Wildman–Crippen MR) is 90.8 cm³/mol. The van der Waals surface area contributed by atoms with Crippen molar-refractivity contribution in [2.45, 2.75) is 13.0 Å². The summed E-state index contributed by atoms with van der Waals surface area (Å²) in [6.45, 7) is 1.57. The molecule has 1 atom stereocenters. The van der Waals surface area contributed by atoms with Crippen molar-refractivity contribution in [1.29, 1.82) is 0 Å². The van der Waals surface area contributed by atoms with Crippen LogP contribution < -0.4 is 5.32 Å². The van der Waals surface area contributed by atoms with Crippen molar-refractivity contribution >= 4 is 5.91 Å². The van der Waals surface area contributed by atoms with Crippen LogP contribution >= 0.6 is 0 Å². The second-order valence-corrected chi connectivity index (χ2v) is 5.43. The van der Waals surface area contributed by atoms with Gasteiger partial charge in [0, 0.05) is 11.6 Å². The van der Waals surface area contributed by atoms with Crippen LogP contribution in [0.25, 0.3) is 17.1 Å². The molecule has 0 spiro atoms. The normalized spacial score (nSPS) is 11.9. The molecule has 1 aromatic heterocycles. The maximum absolute atomic E-state index is 12.3. The van der Waals surface area contributed by atoms with E-state index in [0.717, 1.165) is 11.3 Å². The highest BCUT2D eigenvalue weighted by atomic mass is 16.3. The van der Waals surface area contributed by atoms with Crippen molar-refractivity contribution in [2.24, 2.45) is 0 Å². The molecular formula is C18H18N4O2. The molecule has 3 aromatic rings. The Hall–Kier alpha value is -2.99. The summed E-state index contributed by atoms with van der Waals surface area (Å²) < 4.78 is 1.65. The third kappa shape index (κ3) is 3.33. The van der Waals surface area contributed by atoms with Gasteiger partial charge in [-0.05, 0) is 19.1 Å². The van der Waals surface area contributed by atoms with E-state index < -0.39 is 5.91 Å². The highest BCUT2D eigenvalue weighted by Crippen LogP contribution is 2.20. The van der Waals surface area contributed by atoms with Gasteiger partial charge in [0.1, 0.15) is 0 Å². The third-order valence-corrected chi connectivity index (χ3v) is 3.49. The van der Waals surface area contributed by atoms with Crippen LogP contribution in [-0.4, -0.2) is 38.4 Å². The molecule has 122 valence electrons. The van der Waals surface area contributed by atoms with E-state index >= 15 is 0 Å². The monoisotopic (exact) mass is 322 g/mol. The first-order chi connectivity index (χ1) is 11.7. The topological polar surface area (TPSA) is 80.0 Å². The number of para-hydroxylation sites is 1. The lowest BCUT2D eigenvalue weighted by molar-refractivity contribution is 0.0912. The van der Waals surface area contributed by atoms with Gasteiger partial charge in [0.25, 0.3) is 5.91 Å². The van der Waals surface area contributed by atoms with Crippen LogP contribution in [0, 0.1) is 0 Å². The minimum absolute atomic E-state index is 0.0676. The second kappa shape index (κ2) is 7.06. The standard InChI is InChI=1S/C18H18N4O2/c1-13(12-23)19-18(24)16-20-17(14-8-4-2-5-9-14)22(21-16)15-10-6-3-7-11-15/h2-11,13,23H,12H2,1H3,(H,19,24). The smallest absolute Gasteiger partial charge is 0.291 e. The van der Waals surface area contributed by atoms with Gasteiger partial charge >= 0.3 is 0 Å². The number of benzene rings is 2. The van der Waals surface area contributed by atoms with Crippen LogP contribution in [0.3, 0.4) is 0 Å². The maximum Gasteiger partial charge on any atom is 0.291 e. The lowest BCUT2D eigenvalue weighted by Crippen LogP contribution is -2.35. The van der Waals surface area contributed by atoms with E-state index in [0.29, 0.717) is 5.82 Å². The molecule has 2 aromatic carbocycles. The van der Waals surface area contributed by atoms with Crippen LogP contribution in [0.2, 0.25) is 0 Å². The summed E-state index contributed by atoms with van der Waals surface area (Å²) >= 11 is 0. The SMILES string of the molecule is CC(CO)NC(=O)c1nc(-c2ccccc2)n(-c2ccccc2)n1. The van der Waals surface area contributed by atoms with E-state index in [-0.39, 0.29) is 18.5 Å². The number of carbonyl (C=O) groups excluding carboxylic acids is 1. The first kappa shape index (κ1) is 15.9. The lowest BCUT2D eigenvalue weighted by Gasteiger charge is -2.07. The second-order valence-electron chi connectivity index (χ2n) is 5.43. The van der Waals surface area contributed by atoms with Gasteiger partial charge in [0.15, 0.2) is 5.82 Å². The van der Waals surface area contributed by atoms with E-state index in [9.17, 15) is 4.79 Å². The molecule has 0 aliphatic carbocycles. The van der Waals surface area contributed by atoms with Crippen molar-refractivity contribution in [3.05, 3.63) is 66.5 Å². The molecule has 0 bridgehead atoms. The molecule has 6 heteroatoms. The number of hydrogen-bond acceptors (Lipinski definition) is 4. The first-order valence-electron chi connectivity index (χ1n) is 7.68. The fourth-order valence-corrected chi connectivity index (χ4v) is 2.27. The molecule has 0 saturated heterocycles. The zero-order valence-electron chi connectivity index (χ0n) is 13.3. The number of aliphatic hydroxyl groups excluding tert-OH is 1.